The molecule has 1 N–H and O–H groups in total. The first-order valence-corrected chi connectivity index (χ1v) is 8.32. The fraction of sp³-hybridized carbons (Fsp3) is 0.778. The van der Waals surface area contributed by atoms with E-state index < -0.39 is 0 Å². The maximum Gasteiger partial charge on any atom is 0.118 e. The van der Waals surface area contributed by atoms with Crippen molar-refractivity contribution in [3.05, 3.63) is 23.2 Å². The van der Waals surface area contributed by atoms with Crippen molar-refractivity contribution in [2.24, 2.45) is 11.8 Å². The second-order valence-corrected chi connectivity index (χ2v) is 7.24. The van der Waals surface area contributed by atoms with Gasteiger partial charge in [-0.3, -0.25) is 4.90 Å². The molecule has 3 heteroatoms. The van der Waals surface area contributed by atoms with Gasteiger partial charge in [-0.25, -0.2) is 0 Å². The van der Waals surface area contributed by atoms with E-state index >= 15 is 0 Å². The van der Waals surface area contributed by atoms with E-state index in [4.69, 9.17) is 4.42 Å². The summed E-state index contributed by atoms with van der Waals surface area (Å²) in [5.41, 5.74) is 1.29. The molecule has 122 valence electrons. The molecule has 0 bridgehead atoms. The van der Waals surface area contributed by atoms with Gasteiger partial charge in [0.1, 0.15) is 11.5 Å². The third-order valence-corrected chi connectivity index (χ3v) is 3.63. The molecule has 0 unspecified atom stereocenters. The van der Waals surface area contributed by atoms with E-state index in [0.717, 1.165) is 37.7 Å². The lowest BCUT2D eigenvalue weighted by Gasteiger charge is -2.27. The molecule has 0 fully saturated rings. The van der Waals surface area contributed by atoms with Gasteiger partial charge < -0.3 is 9.73 Å². The van der Waals surface area contributed by atoms with E-state index in [2.05, 4.69) is 64.7 Å². The second-order valence-electron chi connectivity index (χ2n) is 7.24. The minimum absolute atomic E-state index is 0.542. The fourth-order valence-electron chi connectivity index (χ4n) is 2.46. The second kappa shape index (κ2) is 8.60. The van der Waals surface area contributed by atoms with Gasteiger partial charge in [-0.15, -0.1) is 0 Å². The summed E-state index contributed by atoms with van der Waals surface area (Å²) < 4.78 is 5.95. The van der Waals surface area contributed by atoms with Gasteiger partial charge in [0, 0.05) is 24.7 Å². The number of hydrogen-bond acceptors (Lipinski definition) is 3. The monoisotopic (exact) mass is 294 g/mol. The highest BCUT2D eigenvalue weighted by Gasteiger charge is 2.15. The first kappa shape index (κ1) is 18.2. The fourth-order valence-corrected chi connectivity index (χ4v) is 2.46. The number of rotatable bonds is 9. The molecule has 0 atom stereocenters. The van der Waals surface area contributed by atoms with E-state index in [1.54, 1.807) is 0 Å². The standard InChI is InChI=1S/C18H34N2O/c1-13(2)9-19-10-17-8-18(21-16(17)7)12-20(15(5)6)11-14(3)4/h8,13-15,19H,9-12H2,1-7H3. The first-order chi connectivity index (χ1) is 9.79. The van der Waals surface area contributed by atoms with Crippen LogP contribution in [0.15, 0.2) is 10.5 Å². The molecule has 21 heavy (non-hydrogen) atoms. The molecule has 0 aliphatic carbocycles. The zero-order chi connectivity index (χ0) is 16.0. The van der Waals surface area contributed by atoms with E-state index in [1.807, 2.05) is 0 Å². The predicted molar refractivity (Wildman–Crippen MR) is 90.4 cm³/mol. The molecular weight excluding hydrogens is 260 g/mol. The van der Waals surface area contributed by atoms with Gasteiger partial charge in [-0.05, 0) is 45.2 Å². The van der Waals surface area contributed by atoms with Crippen LogP contribution in [0.4, 0.5) is 0 Å². The zero-order valence-electron chi connectivity index (χ0n) is 15.0. The van der Waals surface area contributed by atoms with Crippen molar-refractivity contribution >= 4 is 0 Å². The van der Waals surface area contributed by atoms with Gasteiger partial charge in [0.15, 0.2) is 0 Å². The number of furan rings is 1. The number of hydrogen-bond donors (Lipinski definition) is 1. The minimum Gasteiger partial charge on any atom is -0.465 e. The maximum absolute atomic E-state index is 5.95. The molecule has 0 spiro atoms. The maximum atomic E-state index is 5.95. The van der Waals surface area contributed by atoms with E-state index in [-0.39, 0.29) is 0 Å². The van der Waals surface area contributed by atoms with Crippen LogP contribution in [0.25, 0.3) is 0 Å². The van der Waals surface area contributed by atoms with E-state index in [0.29, 0.717) is 17.9 Å². The Labute approximate surface area is 131 Å². The van der Waals surface area contributed by atoms with Gasteiger partial charge >= 0.3 is 0 Å². The van der Waals surface area contributed by atoms with E-state index in [9.17, 15) is 0 Å². The van der Waals surface area contributed by atoms with Crippen LogP contribution in [0, 0.1) is 18.8 Å². The lowest BCUT2D eigenvalue weighted by molar-refractivity contribution is 0.174. The lowest BCUT2D eigenvalue weighted by atomic mass is 10.1. The number of aryl methyl sites for hydroxylation is 1. The molecule has 1 aromatic heterocycles. The normalized spacial score (nSPS) is 12.3. The van der Waals surface area contributed by atoms with Crippen molar-refractivity contribution in [1.82, 2.24) is 10.2 Å². The highest BCUT2D eigenvalue weighted by molar-refractivity contribution is 5.20. The summed E-state index contributed by atoms with van der Waals surface area (Å²) in [6.07, 6.45) is 0. The van der Waals surface area contributed by atoms with Crippen LogP contribution in [-0.4, -0.2) is 24.0 Å². The molecule has 0 aromatic carbocycles. The molecule has 1 aromatic rings. The quantitative estimate of drug-likeness (QED) is 0.740. The zero-order valence-corrected chi connectivity index (χ0v) is 15.0. The summed E-state index contributed by atoms with van der Waals surface area (Å²) in [4.78, 5) is 2.48. The van der Waals surface area contributed by atoms with Gasteiger partial charge in [0.25, 0.3) is 0 Å². The summed E-state index contributed by atoms with van der Waals surface area (Å²) in [5.74, 6) is 3.49. The summed E-state index contributed by atoms with van der Waals surface area (Å²) in [5, 5.41) is 3.49. The van der Waals surface area contributed by atoms with Crippen LogP contribution in [0.1, 0.15) is 58.6 Å². The molecule has 0 saturated carbocycles. The smallest absolute Gasteiger partial charge is 0.118 e. The molecule has 0 aliphatic rings. The Morgan fingerprint density at radius 2 is 1.76 bits per heavy atom. The van der Waals surface area contributed by atoms with Crippen molar-refractivity contribution in [3.8, 4) is 0 Å². The Hall–Kier alpha value is -0.800. The van der Waals surface area contributed by atoms with Crippen LogP contribution in [0.3, 0.4) is 0 Å². The minimum atomic E-state index is 0.542. The predicted octanol–water partition coefficient (Wildman–Crippen LogP) is 4.20. The summed E-state index contributed by atoms with van der Waals surface area (Å²) >= 11 is 0. The van der Waals surface area contributed by atoms with Crippen molar-refractivity contribution in [2.75, 3.05) is 13.1 Å². The van der Waals surface area contributed by atoms with Gasteiger partial charge in [0.05, 0.1) is 6.54 Å². The van der Waals surface area contributed by atoms with Crippen molar-refractivity contribution in [3.63, 3.8) is 0 Å². The summed E-state index contributed by atoms with van der Waals surface area (Å²) in [7, 11) is 0. The van der Waals surface area contributed by atoms with Crippen LogP contribution in [0.5, 0.6) is 0 Å². The first-order valence-electron chi connectivity index (χ1n) is 8.32. The van der Waals surface area contributed by atoms with Crippen LogP contribution < -0.4 is 5.32 Å². The Balaban J connectivity index is 2.62. The van der Waals surface area contributed by atoms with Gasteiger partial charge in [-0.2, -0.15) is 0 Å². The molecule has 1 heterocycles. The summed E-state index contributed by atoms with van der Waals surface area (Å²) in [6, 6.07) is 2.76. The van der Waals surface area contributed by atoms with E-state index in [1.165, 1.54) is 5.56 Å². The van der Waals surface area contributed by atoms with Crippen molar-refractivity contribution < 1.29 is 4.42 Å². The molecule has 3 nitrogen and oxygen atoms in total. The Morgan fingerprint density at radius 1 is 1.10 bits per heavy atom. The van der Waals surface area contributed by atoms with Crippen molar-refractivity contribution in [1.29, 1.82) is 0 Å². The van der Waals surface area contributed by atoms with Crippen molar-refractivity contribution in [2.45, 2.75) is 67.6 Å². The SMILES string of the molecule is Cc1oc(CN(CC(C)C)C(C)C)cc1CNCC(C)C. The largest absolute Gasteiger partial charge is 0.465 e. The Morgan fingerprint density at radius 3 is 2.29 bits per heavy atom. The number of nitrogens with one attached hydrogen (secondary N) is 1. The molecular formula is C18H34N2O. The van der Waals surface area contributed by atoms with Crippen LogP contribution in [-0.2, 0) is 13.1 Å². The third-order valence-electron chi connectivity index (χ3n) is 3.63. The van der Waals surface area contributed by atoms with Gasteiger partial charge in [0.2, 0.25) is 0 Å². The highest BCUT2D eigenvalue weighted by atomic mass is 16.3. The van der Waals surface area contributed by atoms with Crippen LogP contribution >= 0.6 is 0 Å². The van der Waals surface area contributed by atoms with Gasteiger partial charge in [-0.1, -0.05) is 27.7 Å². The Kier molecular flexibility index (Phi) is 7.47. The number of nitrogens with zero attached hydrogens (tertiary/aromatic N) is 1. The highest BCUT2D eigenvalue weighted by Crippen LogP contribution is 2.18. The molecule has 1 rings (SSSR count). The van der Waals surface area contributed by atoms with Crippen LogP contribution in [0.2, 0.25) is 0 Å². The Bertz CT molecular complexity index is 407. The third kappa shape index (κ3) is 6.66. The topological polar surface area (TPSA) is 28.4 Å². The molecule has 0 aliphatic heterocycles. The molecule has 0 radical (unpaired) electrons. The average Bonchev–Trinajstić information content (AvgIpc) is 2.68. The average molecular weight is 294 g/mol. The lowest BCUT2D eigenvalue weighted by Crippen LogP contribution is -2.33. The summed E-state index contributed by atoms with van der Waals surface area (Å²) in [6.45, 7) is 19.5. The molecule has 0 saturated heterocycles. The molecule has 0 amide bonds.